The van der Waals surface area contributed by atoms with Gasteiger partial charge >= 0.3 is 0 Å². The minimum atomic E-state index is -3.56. The second kappa shape index (κ2) is 9.20. The number of benzene rings is 3. The molecule has 0 saturated carbocycles. The van der Waals surface area contributed by atoms with Crippen molar-refractivity contribution in [3.05, 3.63) is 78.4 Å². The lowest BCUT2D eigenvalue weighted by Gasteiger charge is -2.18. The van der Waals surface area contributed by atoms with Gasteiger partial charge in [0.25, 0.3) is 5.91 Å². The summed E-state index contributed by atoms with van der Waals surface area (Å²) in [5, 5.41) is 3.76. The zero-order valence-electron chi connectivity index (χ0n) is 17.8. The van der Waals surface area contributed by atoms with E-state index in [0.29, 0.717) is 24.3 Å². The van der Waals surface area contributed by atoms with Crippen LogP contribution in [0, 0.1) is 0 Å². The highest BCUT2D eigenvalue weighted by Gasteiger charge is 2.22. The summed E-state index contributed by atoms with van der Waals surface area (Å²) in [6.07, 6.45) is 0. The summed E-state index contributed by atoms with van der Waals surface area (Å²) in [6.45, 7) is 4.38. The summed E-state index contributed by atoms with van der Waals surface area (Å²) >= 11 is 1.57. The number of amides is 1. The SMILES string of the molecule is CCN(CC)S(=O)(=O)c1ccc(C(=O)Nc2ccccc2-c2nc3ccccc3s2)cc1. The average molecular weight is 466 g/mol. The minimum absolute atomic E-state index is 0.174. The van der Waals surface area contributed by atoms with Crippen molar-refractivity contribution in [2.45, 2.75) is 18.7 Å². The summed E-state index contributed by atoms with van der Waals surface area (Å²) in [4.78, 5) is 17.8. The van der Waals surface area contributed by atoms with Gasteiger partial charge in [0.05, 0.1) is 20.8 Å². The molecule has 0 spiro atoms. The maximum absolute atomic E-state index is 12.9. The van der Waals surface area contributed by atoms with E-state index in [2.05, 4.69) is 5.32 Å². The first-order chi connectivity index (χ1) is 15.4. The number of para-hydroxylation sites is 2. The number of nitrogens with zero attached hydrogens (tertiary/aromatic N) is 2. The number of sulfonamides is 1. The van der Waals surface area contributed by atoms with Gasteiger partial charge in [0, 0.05) is 24.2 Å². The van der Waals surface area contributed by atoms with Gasteiger partial charge in [-0.05, 0) is 48.5 Å². The molecule has 0 radical (unpaired) electrons. The topological polar surface area (TPSA) is 79.4 Å². The summed E-state index contributed by atoms with van der Waals surface area (Å²) in [5.41, 5.74) is 2.78. The fourth-order valence-corrected chi connectivity index (χ4v) is 5.91. The molecule has 1 aromatic heterocycles. The van der Waals surface area contributed by atoms with Crippen LogP contribution in [0.2, 0.25) is 0 Å². The van der Waals surface area contributed by atoms with E-state index in [4.69, 9.17) is 4.98 Å². The van der Waals surface area contributed by atoms with Crippen molar-refractivity contribution >= 4 is 43.2 Å². The molecule has 164 valence electrons. The molecular weight excluding hydrogens is 442 g/mol. The molecule has 1 amide bonds. The zero-order chi connectivity index (χ0) is 22.7. The van der Waals surface area contributed by atoms with E-state index >= 15 is 0 Å². The Kier molecular flexibility index (Phi) is 6.36. The fourth-order valence-electron chi connectivity index (χ4n) is 3.45. The van der Waals surface area contributed by atoms with Crippen molar-refractivity contribution in [1.29, 1.82) is 0 Å². The Balaban J connectivity index is 1.59. The van der Waals surface area contributed by atoms with Crippen LogP contribution in [0.1, 0.15) is 24.2 Å². The number of aromatic nitrogens is 1. The molecule has 1 N–H and O–H groups in total. The van der Waals surface area contributed by atoms with E-state index in [-0.39, 0.29) is 10.8 Å². The lowest BCUT2D eigenvalue weighted by atomic mass is 10.1. The molecule has 0 aliphatic carbocycles. The Labute approximate surface area is 191 Å². The predicted octanol–water partition coefficient (Wildman–Crippen LogP) is 5.25. The van der Waals surface area contributed by atoms with Crippen LogP contribution < -0.4 is 5.32 Å². The molecule has 0 aliphatic heterocycles. The van der Waals surface area contributed by atoms with Gasteiger partial charge in [0.2, 0.25) is 10.0 Å². The van der Waals surface area contributed by atoms with Crippen LogP contribution in [-0.4, -0.2) is 36.7 Å². The normalized spacial score (nSPS) is 11.7. The smallest absolute Gasteiger partial charge is 0.255 e. The Morgan fingerprint density at radius 2 is 1.59 bits per heavy atom. The molecule has 6 nitrogen and oxygen atoms in total. The van der Waals surface area contributed by atoms with Gasteiger partial charge in [-0.2, -0.15) is 4.31 Å². The first kappa shape index (κ1) is 22.1. The number of thiazole rings is 1. The second-order valence-electron chi connectivity index (χ2n) is 7.10. The van der Waals surface area contributed by atoms with Crippen LogP contribution in [-0.2, 0) is 10.0 Å². The van der Waals surface area contributed by atoms with Crippen LogP contribution in [0.15, 0.2) is 77.7 Å². The highest BCUT2D eigenvalue weighted by atomic mass is 32.2. The van der Waals surface area contributed by atoms with Gasteiger partial charge in [-0.3, -0.25) is 4.79 Å². The van der Waals surface area contributed by atoms with Crippen LogP contribution >= 0.6 is 11.3 Å². The molecule has 1 heterocycles. The van der Waals surface area contributed by atoms with E-state index in [1.807, 2.05) is 48.5 Å². The Morgan fingerprint density at radius 1 is 0.938 bits per heavy atom. The van der Waals surface area contributed by atoms with Crippen LogP contribution in [0.4, 0.5) is 5.69 Å². The van der Waals surface area contributed by atoms with Gasteiger partial charge in [0.1, 0.15) is 5.01 Å². The van der Waals surface area contributed by atoms with E-state index in [9.17, 15) is 13.2 Å². The van der Waals surface area contributed by atoms with Crippen molar-refractivity contribution in [2.75, 3.05) is 18.4 Å². The highest BCUT2D eigenvalue weighted by Crippen LogP contribution is 2.34. The third-order valence-corrected chi connectivity index (χ3v) is 8.29. The van der Waals surface area contributed by atoms with Gasteiger partial charge in [0.15, 0.2) is 0 Å². The Hall–Kier alpha value is -3.07. The number of rotatable bonds is 7. The average Bonchev–Trinajstić information content (AvgIpc) is 3.24. The van der Waals surface area contributed by atoms with Crippen LogP contribution in [0.25, 0.3) is 20.8 Å². The number of carbonyl (C=O) groups is 1. The first-order valence-electron chi connectivity index (χ1n) is 10.3. The molecule has 0 atom stereocenters. The monoisotopic (exact) mass is 465 g/mol. The zero-order valence-corrected chi connectivity index (χ0v) is 19.4. The molecule has 0 aliphatic rings. The molecule has 8 heteroatoms. The maximum Gasteiger partial charge on any atom is 0.255 e. The van der Waals surface area contributed by atoms with Crippen LogP contribution in [0.5, 0.6) is 0 Å². The fraction of sp³-hybridized carbons (Fsp3) is 0.167. The quantitative estimate of drug-likeness (QED) is 0.404. The van der Waals surface area contributed by atoms with E-state index in [1.165, 1.54) is 28.6 Å². The molecular formula is C24H23N3O3S2. The first-order valence-corrected chi connectivity index (χ1v) is 12.6. The lowest BCUT2D eigenvalue weighted by molar-refractivity contribution is 0.102. The molecule has 0 bridgehead atoms. The van der Waals surface area contributed by atoms with Crippen molar-refractivity contribution in [3.63, 3.8) is 0 Å². The Bertz CT molecular complexity index is 1330. The van der Waals surface area contributed by atoms with E-state index in [1.54, 1.807) is 25.2 Å². The molecule has 0 fully saturated rings. The van der Waals surface area contributed by atoms with Crippen molar-refractivity contribution in [1.82, 2.24) is 9.29 Å². The van der Waals surface area contributed by atoms with Gasteiger partial charge in [-0.15, -0.1) is 11.3 Å². The number of nitrogens with one attached hydrogen (secondary N) is 1. The van der Waals surface area contributed by atoms with Crippen molar-refractivity contribution in [2.24, 2.45) is 0 Å². The summed E-state index contributed by atoms with van der Waals surface area (Å²) in [5.74, 6) is -0.314. The number of carbonyl (C=O) groups excluding carboxylic acids is 1. The molecule has 32 heavy (non-hydrogen) atoms. The molecule has 3 aromatic carbocycles. The van der Waals surface area contributed by atoms with Crippen molar-refractivity contribution < 1.29 is 13.2 Å². The Morgan fingerprint density at radius 3 is 2.28 bits per heavy atom. The third kappa shape index (κ3) is 4.29. The molecule has 0 unspecified atom stereocenters. The minimum Gasteiger partial charge on any atom is -0.321 e. The second-order valence-corrected chi connectivity index (χ2v) is 10.1. The molecule has 4 aromatic rings. The standard InChI is InChI=1S/C24H23N3O3S2/c1-3-27(4-2)32(29,30)18-15-13-17(14-16-18)23(28)25-20-10-6-5-9-19(20)24-26-21-11-7-8-12-22(21)31-24/h5-16H,3-4H2,1-2H3,(H,25,28). The third-order valence-electron chi connectivity index (χ3n) is 5.16. The number of anilines is 1. The number of fused-ring (bicyclic) bond motifs is 1. The predicted molar refractivity (Wildman–Crippen MR) is 130 cm³/mol. The van der Waals surface area contributed by atoms with Crippen LogP contribution in [0.3, 0.4) is 0 Å². The molecule has 4 rings (SSSR count). The number of hydrogen-bond acceptors (Lipinski definition) is 5. The van der Waals surface area contributed by atoms with Gasteiger partial charge < -0.3 is 5.32 Å². The van der Waals surface area contributed by atoms with E-state index in [0.717, 1.165) is 20.8 Å². The molecule has 0 saturated heterocycles. The van der Waals surface area contributed by atoms with E-state index < -0.39 is 10.0 Å². The summed E-state index contributed by atoms with van der Waals surface area (Å²) < 4.78 is 27.8. The van der Waals surface area contributed by atoms with Gasteiger partial charge in [-0.25, -0.2) is 13.4 Å². The summed E-state index contributed by atoms with van der Waals surface area (Å²) in [7, 11) is -3.56. The summed E-state index contributed by atoms with van der Waals surface area (Å²) in [6, 6.07) is 21.4. The van der Waals surface area contributed by atoms with Gasteiger partial charge in [-0.1, -0.05) is 38.1 Å². The van der Waals surface area contributed by atoms with Crippen molar-refractivity contribution in [3.8, 4) is 10.6 Å². The lowest BCUT2D eigenvalue weighted by Crippen LogP contribution is -2.30. The largest absolute Gasteiger partial charge is 0.321 e. The number of hydrogen-bond donors (Lipinski definition) is 1. The maximum atomic E-state index is 12.9. The highest BCUT2D eigenvalue weighted by molar-refractivity contribution is 7.89.